The zero-order valence-corrected chi connectivity index (χ0v) is 17.6. The second-order valence-corrected chi connectivity index (χ2v) is 7.71. The number of anilines is 2. The Morgan fingerprint density at radius 1 is 1.04 bits per heavy atom. The molecule has 142 valence electrons. The van der Waals surface area contributed by atoms with Gasteiger partial charge in [-0.2, -0.15) is 0 Å². The molecule has 0 heterocycles. The van der Waals surface area contributed by atoms with E-state index < -0.39 is 4.92 Å². The van der Waals surface area contributed by atoms with Gasteiger partial charge in [0.15, 0.2) is 5.78 Å². The fourth-order valence-corrected chi connectivity index (χ4v) is 3.48. The molecule has 28 heavy (non-hydrogen) atoms. The fourth-order valence-electron chi connectivity index (χ4n) is 2.69. The predicted octanol–water partition coefficient (Wildman–Crippen LogP) is 6.95. The van der Waals surface area contributed by atoms with Gasteiger partial charge in [0.2, 0.25) is 0 Å². The third kappa shape index (κ3) is 4.19. The molecule has 1 N–H and O–H groups in total. The summed E-state index contributed by atoms with van der Waals surface area (Å²) in [6, 6.07) is 14.6. The van der Waals surface area contributed by atoms with Crippen molar-refractivity contribution in [1.82, 2.24) is 0 Å². The van der Waals surface area contributed by atoms with Crippen LogP contribution in [0.25, 0.3) is 0 Å². The first-order valence-electron chi connectivity index (χ1n) is 8.08. The van der Waals surface area contributed by atoms with E-state index in [9.17, 15) is 14.9 Å². The van der Waals surface area contributed by atoms with E-state index in [1.165, 1.54) is 6.07 Å². The molecule has 0 saturated carbocycles. The highest BCUT2D eigenvalue weighted by atomic mass is 79.9. The van der Waals surface area contributed by atoms with E-state index >= 15 is 0 Å². The Kier molecular flexibility index (Phi) is 6.03. The highest BCUT2D eigenvalue weighted by Gasteiger charge is 2.18. The standard InChI is InChI=1S/C20H13BrCl2N2O3/c1-11-14(3-2-4-16(11)22)20(26)15-7-6-13(10-17(15)23)24-18-8-5-12(21)9-19(18)25(27)28/h2-10,24H,1H3. The van der Waals surface area contributed by atoms with Crippen molar-refractivity contribution in [2.75, 3.05) is 5.32 Å². The second-order valence-electron chi connectivity index (χ2n) is 5.98. The third-order valence-corrected chi connectivity index (χ3v) is 5.38. The van der Waals surface area contributed by atoms with Crippen LogP contribution in [-0.2, 0) is 0 Å². The monoisotopic (exact) mass is 478 g/mol. The van der Waals surface area contributed by atoms with E-state index in [0.717, 1.165) is 0 Å². The molecule has 3 aromatic rings. The van der Waals surface area contributed by atoms with E-state index in [-0.39, 0.29) is 16.5 Å². The summed E-state index contributed by atoms with van der Waals surface area (Å²) in [5.74, 6) is -0.244. The van der Waals surface area contributed by atoms with E-state index in [1.54, 1.807) is 55.5 Å². The minimum Gasteiger partial charge on any atom is -0.350 e. The summed E-state index contributed by atoms with van der Waals surface area (Å²) in [6.45, 7) is 1.77. The van der Waals surface area contributed by atoms with Crippen molar-refractivity contribution in [2.24, 2.45) is 0 Å². The molecule has 3 aromatic carbocycles. The number of rotatable bonds is 5. The number of hydrogen-bond donors (Lipinski definition) is 1. The van der Waals surface area contributed by atoms with Gasteiger partial charge in [0.05, 0.1) is 9.95 Å². The van der Waals surface area contributed by atoms with Gasteiger partial charge >= 0.3 is 0 Å². The first kappa shape index (κ1) is 20.3. The molecule has 8 heteroatoms. The van der Waals surface area contributed by atoms with Crippen molar-refractivity contribution in [3.8, 4) is 0 Å². The second kappa shape index (κ2) is 8.31. The Morgan fingerprint density at radius 2 is 1.79 bits per heavy atom. The van der Waals surface area contributed by atoms with Crippen LogP contribution in [-0.4, -0.2) is 10.7 Å². The molecule has 0 saturated heterocycles. The molecule has 0 radical (unpaired) electrons. The number of nitro groups is 1. The minimum atomic E-state index is -0.478. The molecule has 0 amide bonds. The molecule has 0 unspecified atom stereocenters. The van der Waals surface area contributed by atoms with Gasteiger partial charge in [-0.3, -0.25) is 14.9 Å². The van der Waals surface area contributed by atoms with Crippen LogP contribution in [0.5, 0.6) is 0 Å². The normalized spacial score (nSPS) is 10.6. The molecule has 0 aliphatic carbocycles. The summed E-state index contributed by atoms with van der Waals surface area (Å²) in [5, 5.41) is 15.0. The topological polar surface area (TPSA) is 72.2 Å². The van der Waals surface area contributed by atoms with E-state index in [0.29, 0.717) is 37.6 Å². The summed E-state index contributed by atoms with van der Waals surface area (Å²) in [4.78, 5) is 23.6. The third-order valence-electron chi connectivity index (χ3n) is 4.16. The molecule has 0 atom stereocenters. The maximum Gasteiger partial charge on any atom is 0.293 e. The average molecular weight is 480 g/mol. The smallest absolute Gasteiger partial charge is 0.293 e. The summed E-state index contributed by atoms with van der Waals surface area (Å²) in [5.41, 5.74) is 2.23. The first-order chi connectivity index (χ1) is 13.3. The maximum atomic E-state index is 12.8. The number of nitrogens with one attached hydrogen (secondary N) is 1. The molecular formula is C20H13BrCl2N2O3. The van der Waals surface area contributed by atoms with E-state index in [1.807, 2.05) is 0 Å². The lowest BCUT2D eigenvalue weighted by Crippen LogP contribution is -2.05. The van der Waals surface area contributed by atoms with Crippen LogP contribution in [0.1, 0.15) is 21.5 Å². The Labute approximate surface area is 179 Å². The van der Waals surface area contributed by atoms with Crippen molar-refractivity contribution in [3.63, 3.8) is 0 Å². The van der Waals surface area contributed by atoms with Crippen LogP contribution in [0.3, 0.4) is 0 Å². The summed E-state index contributed by atoms with van der Waals surface area (Å²) in [6.07, 6.45) is 0. The van der Waals surface area contributed by atoms with Crippen LogP contribution >= 0.6 is 39.1 Å². The average Bonchev–Trinajstić information content (AvgIpc) is 2.65. The number of carbonyl (C=O) groups is 1. The van der Waals surface area contributed by atoms with Crippen molar-refractivity contribution in [2.45, 2.75) is 6.92 Å². The number of nitrogens with zero attached hydrogens (tertiary/aromatic N) is 1. The van der Waals surface area contributed by atoms with Gasteiger partial charge in [-0.15, -0.1) is 0 Å². The molecule has 0 aliphatic rings. The molecule has 5 nitrogen and oxygen atoms in total. The predicted molar refractivity (Wildman–Crippen MR) is 115 cm³/mol. The van der Waals surface area contributed by atoms with Gasteiger partial charge in [0.1, 0.15) is 5.69 Å². The summed E-state index contributed by atoms with van der Waals surface area (Å²) >= 11 is 15.6. The lowest BCUT2D eigenvalue weighted by Gasteiger charge is -2.11. The molecule has 0 bridgehead atoms. The number of benzene rings is 3. The Bertz CT molecular complexity index is 1100. The molecule has 0 fully saturated rings. The number of hydrogen-bond acceptors (Lipinski definition) is 4. The first-order valence-corrected chi connectivity index (χ1v) is 9.63. The van der Waals surface area contributed by atoms with Crippen molar-refractivity contribution >= 4 is 62.0 Å². The van der Waals surface area contributed by atoms with Crippen molar-refractivity contribution in [1.29, 1.82) is 0 Å². The Morgan fingerprint density at radius 3 is 2.46 bits per heavy atom. The van der Waals surface area contributed by atoms with Crippen LogP contribution in [0.15, 0.2) is 59.1 Å². The van der Waals surface area contributed by atoms with E-state index in [2.05, 4.69) is 21.2 Å². The van der Waals surface area contributed by atoms with Gasteiger partial charge in [-0.1, -0.05) is 51.3 Å². The largest absolute Gasteiger partial charge is 0.350 e. The lowest BCUT2D eigenvalue weighted by molar-refractivity contribution is -0.384. The van der Waals surface area contributed by atoms with Crippen LogP contribution < -0.4 is 5.32 Å². The highest BCUT2D eigenvalue weighted by molar-refractivity contribution is 9.10. The quantitative estimate of drug-likeness (QED) is 0.244. The number of ketones is 1. The van der Waals surface area contributed by atoms with Crippen LogP contribution in [0, 0.1) is 17.0 Å². The number of halogens is 3. The zero-order chi connectivity index (χ0) is 20.4. The SMILES string of the molecule is Cc1c(Cl)cccc1C(=O)c1ccc(Nc2ccc(Br)cc2[N+](=O)[O-])cc1Cl. The fraction of sp³-hybridized carbons (Fsp3) is 0.0500. The zero-order valence-electron chi connectivity index (χ0n) is 14.5. The number of carbonyl (C=O) groups excluding carboxylic acids is 1. The highest BCUT2D eigenvalue weighted by Crippen LogP contribution is 2.32. The lowest BCUT2D eigenvalue weighted by atomic mass is 9.99. The molecule has 0 aromatic heterocycles. The summed E-state index contributed by atoms with van der Waals surface area (Å²) < 4.78 is 0.598. The van der Waals surface area contributed by atoms with E-state index in [4.69, 9.17) is 23.2 Å². The van der Waals surface area contributed by atoms with Gasteiger partial charge in [0.25, 0.3) is 5.69 Å². The molecular weight excluding hydrogens is 467 g/mol. The summed E-state index contributed by atoms with van der Waals surface area (Å²) in [7, 11) is 0. The van der Waals surface area contributed by atoms with Gasteiger partial charge in [-0.05, 0) is 48.9 Å². The van der Waals surface area contributed by atoms with Gasteiger partial charge in [0, 0.05) is 32.4 Å². The molecule has 0 aliphatic heterocycles. The van der Waals surface area contributed by atoms with Crippen molar-refractivity contribution < 1.29 is 9.72 Å². The molecule has 0 spiro atoms. The molecule has 3 rings (SSSR count). The Hall–Kier alpha value is -2.41. The van der Waals surface area contributed by atoms with Crippen molar-refractivity contribution in [3.05, 3.63) is 95.9 Å². The van der Waals surface area contributed by atoms with Crippen LogP contribution in [0.2, 0.25) is 10.0 Å². The van der Waals surface area contributed by atoms with Gasteiger partial charge < -0.3 is 5.32 Å². The minimum absolute atomic E-state index is 0.0831. The number of nitro benzene ring substituents is 1. The van der Waals surface area contributed by atoms with Crippen LogP contribution in [0.4, 0.5) is 17.1 Å². The van der Waals surface area contributed by atoms with Gasteiger partial charge in [-0.25, -0.2) is 0 Å². The Balaban J connectivity index is 1.92. The maximum absolute atomic E-state index is 12.8.